The molecule has 0 aromatic heterocycles. The molecule has 17 heavy (non-hydrogen) atoms. The Hall–Kier alpha value is -1.72. The van der Waals surface area contributed by atoms with Crippen LogP contribution in [0.2, 0.25) is 0 Å². The summed E-state index contributed by atoms with van der Waals surface area (Å²) in [4.78, 5) is 10.00. The Morgan fingerprint density at radius 1 is 1.41 bits per heavy atom. The van der Waals surface area contributed by atoms with Gasteiger partial charge in [-0.3, -0.25) is 10.1 Å². The topological polar surface area (TPSA) is 55.2 Å². The standard InChI is InChI=1S/C11H14F2N2O2/c1-4-11(2,3)14-10-8(15(16)17)6-5-7(12)9(10)13/h5-6,14H,4H2,1-3H3. The fourth-order valence-electron chi connectivity index (χ4n) is 1.24. The predicted molar refractivity (Wildman–Crippen MR) is 61.0 cm³/mol. The van der Waals surface area contributed by atoms with Gasteiger partial charge in [0, 0.05) is 11.6 Å². The summed E-state index contributed by atoms with van der Waals surface area (Å²) in [5, 5.41) is 13.4. The zero-order valence-corrected chi connectivity index (χ0v) is 9.88. The van der Waals surface area contributed by atoms with Crippen LogP contribution in [0.3, 0.4) is 0 Å². The molecule has 0 aliphatic rings. The van der Waals surface area contributed by atoms with E-state index in [1.807, 2.05) is 6.92 Å². The molecule has 0 atom stereocenters. The van der Waals surface area contributed by atoms with E-state index >= 15 is 0 Å². The van der Waals surface area contributed by atoms with Crippen molar-refractivity contribution in [3.63, 3.8) is 0 Å². The highest BCUT2D eigenvalue weighted by Gasteiger charge is 2.26. The minimum absolute atomic E-state index is 0.401. The summed E-state index contributed by atoms with van der Waals surface area (Å²) in [5.41, 5.74) is -1.42. The molecule has 0 heterocycles. The molecule has 6 heteroatoms. The van der Waals surface area contributed by atoms with Crippen molar-refractivity contribution in [2.75, 3.05) is 5.32 Å². The average molecular weight is 244 g/mol. The number of nitro benzene ring substituents is 1. The first-order valence-electron chi connectivity index (χ1n) is 5.19. The van der Waals surface area contributed by atoms with Crippen molar-refractivity contribution in [3.8, 4) is 0 Å². The Morgan fingerprint density at radius 3 is 2.47 bits per heavy atom. The van der Waals surface area contributed by atoms with E-state index in [1.165, 1.54) is 0 Å². The highest BCUT2D eigenvalue weighted by Crippen LogP contribution is 2.32. The van der Waals surface area contributed by atoms with Crippen LogP contribution < -0.4 is 5.32 Å². The van der Waals surface area contributed by atoms with Crippen LogP contribution in [0.4, 0.5) is 20.2 Å². The van der Waals surface area contributed by atoms with Crippen LogP contribution >= 0.6 is 0 Å². The van der Waals surface area contributed by atoms with Gasteiger partial charge in [0.1, 0.15) is 0 Å². The van der Waals surface area contributed by atoms with Crippen LogP contribution in [0, 0.1) is 21.7 Å². The fourth-order valence-corrected chi connectivity index (χ4v) is 1.24. The first-order valence-corrected chi connectivity index (χ1v) is 5.19. The van der Waals surface area contributed by atoms with Crippen molar-refractivity contribution >= 4 is 11.4 Å². The minimum Gasteiger partial charge on any atom is -0.372 e. The largest absolute Gasteiger partial charge is 0.372 e. The molecule has 0 spiro atoms. The van der Waals surface area contributed by atoms with E-state index in [-0.39, 0.29) is 0 Å². The third-order valence-electron chi connectivity index (χ3n) is 2.62. The van der Waals surface area contributed by atoms with Crippen molar-refractivity contribution in [1.82, 2.24) is 0 Å². The molecular weight excluding hydrogens is 230 g/mol. The maximum atomic E-state index is 13.5. The third-order valence-corrected chi connectivity index (χ3v) is 2.62. The quantitative estimate of drug-likeness (QED) is 0.651. The molecular formula is C11H14F2N2O2. The molecule has 0 radical (unpaired) electrons. The average Bonchev–Trinajstić information content (AvgIpc) is 2.24. The minimum atomic E-state index is -1.22. The molecule has 94 valence electrons. The molecule has 0 aliphatic carbocycles. The van der Waals surface area contributed by atoms with Crippen LogP contribution in [0.5, 0.6) is 0 Å². The zero-order valence-electron chi connectivity index (χ0n) is 9.88. The van der Waals surface area contributed by atoms with Crippen molar-refractivity contribution < 1.29 is 13.7 Å². The van der Waals surface area contributed by atoms with Crippen molar-refractivity contribution in [1.29, 1.82) is 0 Å². The van der Waals surface area contributed by atoms with Gasteiger partial charge in [0.2, 0.25) is 0 Å². The zero-order chi connectivity index (χ0) is 13.2. The van der Waals surface area contributed by atoms with E-state index in [4.69, 9.17) is 0 Å². The van der Waals surface area contributed by atoms with Crippen LogP contribution in [0.25, 0.3) is 0 Å². The Kier molecular flexibility index (Phi) is 3.65. The number of benzene rings is 1. The predicted octanol–water partition coefficient (Wildman–Crippen LogP) is 3.47. The number of halogens is 2. The van der Waals surface area contributed by atoms with Gasteiger partial charge in [0.15, 0.2) is 17.3 Å². The number of nitro groups is 1. The smallest absolute Gasteiger partial charge is 0.295 e. The number of anilines is 1. The van der Waals surface area contributed by atoms with Gasteiger partial charge in [-0.25, -0.2) is 8.78 Å². The van der Waals surface area contributed by atoms with Crippen LogP contribution in [0.15, 0.2) is 12.1 Å². The molecule has 1 rings (SSSR count). The second-order valence-electron chi connectivity index (χ2n) is 4.38. The SMILES string of the molecule is CCC(C)(C)Nc1c([N+](=O)[O-])ccc(F)c1F. The highest BCUT2D eigenvalue weighted by atomic mass is 19.2. The molecule has 1 aromatic rings. The van der Waals surface area contributed by atoms with E-state index in [0.717, 1.165) is 12.1 Å². The Bertz CT molecular complexity index is 447. The van der Waals surface area contributed by atoms with Gasteiger partial charge in [-0.15, -0.1) is 0 Å². The van der Waals surface area contributed by atoms with Gasteiger partial charge < -0.3 is 5.32 Å². The molecule has 4 nitrogen and oxygen atoms in total. The van der Waals surface area contributed by atoms with Gasteiger partial charge in [0.25, 0.3) is 5.69 Å². The molecule has 0 aliphatic heterocycles. The van der Waals surface area contributed by atoms with Crippen molar-refractivity contribution in [3.05, 3.63) is 33.9 Å². The van der Waals surface area contributed by atoms with Gasteiger partial charge in [-0.2, -0.15) is 0 Å². The summed E-state index contributed by atoms with van der Waals surface area (Å²) >= 11 is 0. The summed E-state index contributed by atoms with van der Waals surface area (Å²) in [6, 6.07) is 1.70. The number of nitrogens with one attached hydrogen (secondary N) is 1. The third kappa shape index (κ3) is 2.89. The number of rotatable bonds is 4. The van der Waals surface area contributed by atoms with Gasteiger partial charge in [0.05, 0.1) is 4.92 Å². The second kappa shape index (κ2) is 4.65. The Morgan fingerprint density at radius 2 is 2.00 bits per heavy atom. The lowest BCUT2D eigenvalue weighted by atomic mass is 10.0. The number of nitrogens with zero attached hydrogens (tertiary/aromatic N) is 1. The van der Waals surface area contributed by atoms with E-state index < -0.39 is 33.5 Å². The lowest BCUT2D eigenvalue weighted by Gasteiger charge is -2.25. The molecule has 0 saturated carbocycles. The summed E-state index contributed by atoms with van der Waals surface area (Å²) in [5.74, 6) is -2.33. The van der Waals surface area contributed by atoms with Crippen molar-refractivity contribution in [2.24, 2.45) is 0 Å². The van der Waals surface area contributed by atoms with E-state index in [1.54, 1.807) is 13.8 Å². The van der Waals surface area contributed by atoms with E-state index in [2.05, 4.69) is 5.32 Å². The molecule has 0 unspecified atom stereocenters. The molecule has 0 fully saturated rings. The van der Waals surface area contributed by atoms with Crippen molar-refractivity contribution in [2.45, 2.75) is 32.7 Å². The molecule has 0 bridgehead atoms. The lowest BCUT2D eigenvalue weighted by Crippen LogP contribution is -2.30. The number of hydrogen-bond donors (Lipinski definition) is 1. The molecule has 0 amide bonds. The molecule has 0 saturated heterocycles. The number of hydrogen-bond acceptors (Lipinski definition) is 3. The summed E-state index contributed by atoms with van der Waals surface area (Å²) in [6.07, 6.45) is 0.611. The maximum absolute atomic E-state index is 13.5. The van der Waals surface area contributed by atoms with E-state index in [0.29, 0.717) is 6.42 Å². The normalized spacial score (nSPS) is 11.4. The molecule has 1 aromatic carbocycles. The summed E-state index contributed by atoms with van der Waals surface area (Å²) in [6.45, 7) is 5.35. The van der Waals surface area contributed by atoms with Crippen LogP contribution in [0.1, 0.15) is 27.2 Å². The monoisotopic (exact) mass is 244 g/mol. The summed E-state index contributed by atoms with van der Waals surface area (Å²) < 4.78 is 26.6. The highest BCUT2D eigenvalue weighted by molar-refractivity contribution is 5.63. The first kappa shape index (κ1) is 13.3. The van der Waals surface area contributed by atoms with Gasteiger partial charge in [-0.05, 0) is 26.3 Å². The lowest BCUT2D eigenvalue weighted by molar-refractivity contribution is -0.384. The van der Waals surface area contributed by atoms with Crippen LogP contribution in [-0.2, 0) is 0 Å². The van der Waals surface area contributed by atoms with Crippen LogP contribution in [-0.4, -0.2) is 10.5 Å². The van der Waals surface area contributed by atoms with E-state index in [9.17, 15) is 18.9 Å². The first-order chi connectivity index (χ1) is 7.78. The summed E-state index contributed by atoms with van der Waals surface area (Å²) in [7, 11) is 0. The Balaban J connectivity index is 3.29. The Labute approximate surface area is 97.8 Å². The van der Waals surface area contributed by atoms with Gasteiger partial charge in [-0.1, -0.05) is 6.92 Å². The molecule has 1 N–H and O–H groups in total. The fraction of sp³-hybridized carbons (Fsp3) is 0.455. The van der Waals surface area contributed by atoms with Gasteiger partial charge >= 0.3 is 0 Å². The maximum Gasteiger partial charge on any atom is 0.295 e. The second-order valence-corrected chi connectivity index (χ2v) is 4.38.